The van der Waals surface area contributed by atoms with Crippen molar-refractivity contribution in [1.82, 2.24) is 14.9 Å². The van der Waals surface area contributed by atoms with Crippen LogP contribution in [0.1, 0.15) is 30.4 Å². The van der Waals surface area contributed by atoms with E-state index in [1.165, 1.54) is 13.0 Å². The summed E-state index contributed by atoms with van der Waals surface area (Å²) in [7, 11) is 0. The van der Waals surface area contributed by atoms with Crippen LogP contribution in [-0.2, 0) is 4.79 Å². The van der Waals surface area contributed by atoms with Gasteiger partial charge in [0.25, 0.3) is 5.69 Å². The molecule has 0 spiro atoms. The zero-order valence-corrected chi connectivity index (χ0v) is 20.1. The van der Waals surface area contributed by atoms with Crippen LogP contribution in [0.25, 0.3) is 5.69 Å². The number of amides is 1. The number of thiocarbonyl (C=S) groups is 1. The Morgan fingerprint density at radius 2 is 1.86 bits per heavy atom. The molecular formula is C26H22N6O3S. The summed E-state index contributed by atoms with van der Waals surface area (Å²) in [5.74, 6) is -0.149. The second-order valence-corrected chi connectivity index (χ2v) is 8.69. The average Bonchev–Trinajstić information content (AvgIpc) is 3.49. The number of pyridine rings is 1. The van der Waals surface area contributed by atoms with Crippen LogP contribution in [0.2, 0.25) is 0 Å². The molecule has 9 nitrogen and oxygen atoms in total. The molecule has 1 saturated heterocycles. The Hall–Kier alpha value is -4.57. The smallest absolute Gasteiger partial charge is 0.271 e. The van der Waals surface area contributed by atoms with E-state index in [2.05, 4.69) is 15.6 Å². The fraction of sp³-hybridized carbons (Fsp3) is 0.115. The van der Waals surface area contributed by atoms with Gasteiger partial charge in [0.15, 0.2) is 5.11 Å². The first-order chi connectivity index (χ1) is 17.4. The third kappa shape index (κ3) is 4.41. The van der Waals surface area contributed by atoms with E-state index >= 15 is 0 Å². The zero-order valence-electron chi connectivity index (χ0n) is 19.2. The molecule has 5 rings (SSSR count). The lowest BCUT2D eigenvalue weighted by atomic mass is 10.0. The third-order valence-electron chi connectivity index (χ3n) is 5.97. The van der Waals surface area contributed by atoms with Gasteiger partial charge in [-0.05, 0) is 66.8 Å². The molecule has 2 N–H and O–H groups in total. The van der Waals surface area contributed by atoms with Crippen LogP contribution < -0.4 is 15.5 Å². The minimum Gasteiger partial charge on any atom is -0.351 e. The summed E-state index contributed by atoms with van der Waals surface area (Å²) >= 11 is 5.79. The van der Waals surface area contributed by atoms with Crippen molar-refractivity contribution < 1.29 is 9.72 Å². The van der Waals surface area contributed by atoms with Crippen molar-refractivity contribution in [3.63, 3.8) is 0 Å². The van der Waals surface area contributed by atoms with Crippen molar-refractivity contribution >= 4 is 40.3 Å². The molecule has 0 aliphatic carbocycles. The SMILES string of the molecule is CC(=O)Nc1ccc(N2C(=S)N[C@@H](c3ccccn3)[C@@H]2c2cccn2-c2cccc([N+](=O)[O-])c2)cc1. The minimum absolute atomic E-state index is 0.0129. The summed E-state index contributed by atoms with van der Waals surface area (Å²) in [5.41, 5.74) is 3.89. The molecule has 0 bridgehead atoms. The Bertz CT molecular complexity index is 1440. The molecule has 1 amide bonds. The van der Waals surface area contributed by atoms with Gasteiger partial charge >= 0.3 is 0 Å². The molecule has 2 aromatic heterocycles. The predicted octanol–water partition coefficient (Wildman–Crippen LogP) is 4.92. The van der Waals surface area contributed by atoms with Gasteiger partial charge in [-0.3, -0.25) is 19.9 Å². The van der Waals surface area contributed by atoms with E-state index < -0.39 is 4.92 Å². The number of anilines is 2. The summed E-state index contributed by atoms with van der Waals surface area (Å²) in [6.45, 7) is 1.46. The number of rotatable bonds is 6. The van der Waals surface area contributed by atoms with Crippen molar-refractivity contribution in [2.75, 3.05) is 10.2 Å². The number of carbonyl (C=O) groups is 1. The molecule has 0 radical (unpaired) electrons. The van der Waals surface area contributed by atoms with Gasteiger partial charge in [-0.1, -0.05) is 12.1 Å². The first-order valence-corrected chi connectivity index (χ1v) is 11.6. The molecule has 1 fully saturated rings. The van der Waals surface area contributed by atoms with Crippen molar-refractivity contribution in [2.24, 2.45) is 0 Å². The monoisotopic (exact) mass is 498 g/mol. The molecule has 2 aromatic carbocycles. The van der Waals surface area contributed by atoms with E-state index in [1.807, 2.05) is 76.3 Å². The van der Waals surface area contributed by atoms with Gasteiger partial charge < -0.3 is 20.1 Å². The Kier molecular flexibility index (Phi) is 6.17. The van der Waals surface area contributed by atoms with E-state index in [0.29, 0.717) is 16.5 Å². The standard InChI is InChI=1S/C26H22N6O3S/c1-17(33)28-18-10-12-19(13-11-18)31-25(24(29-26(31)36)22-8-2-3-14-27-22)23-9-5-15-30(23)20-6-4-7-21(16-20)32(34)35/h2-16,24-25H,1H3,(H,28,33)(H,29,36)/t24-,25-/m0/s1. The normalized spacial score (nSPS) is 17.0. The lowest BCUT2D eigenvalue weighted by Crippen LogP contribution is -2.30. The van der Waals surface area contributed by atoms with Crippen molar-refractivity contribution in [3.05, 3.63) is 113 Å². The van der Waals surface area contributed by atoms with Gasteiger partial charge in [0.1, 0.15) is 6.04 Å². The van der Waals surface area contributed by atoms with Gasteiger partial charge in [-0.15, -0.1) is 0 Å². The highest BCUT2D eigenvalue weighted by Gasteiger charge is 2.42. The van der Waals surface area contributed by atoms with E-state index in [4.69, 9.17) is 12.2 Å². The summed E-state index contributed by atoms with van der Waals surface area (Å²) in [6.07, 6.45) is 3.62. The minimum atomic E-state index is -0.404. The second-order valence-electron chi connectivity index (χ2n) is 8.30. The first-order valence-electron chi connectivity index (χ1n) is 11.2. The van der Waals surface area contributed by atoms with E-state index in [0.717, 1.165) is 17.1 Å². The van der Waals surface area contributed by atoms with E-state index in [9.17, 15) is 14.9 Å². The zero-order chi connectivity index (χ0) is 25.2. The molecule has 4 aromatic rings. The molecule has 0 saturated carbocycles. The number of nitro benzene ring substituents is 1. The number of hydrogen-bond donors (Lipinski definition) is 2. The molecule has 180 valence electrons. The van der Waals surface area contributed by atoms with Crippen LogP contribution in [-0.4, -0.2) is 25.5 Å². The van der Waals surface area contributed by atoms with Crippen molar-refractivity contribution in [2.45, 2.75) is 19.0 Å². The quantitative estimate of drug-likeness (QED) is 0.221. The maximum atomic E-state index is 11.4. The van der Waals surface area contributed by atoms with Crippen LogP contribution in [0, 0.1) is 10.1 Å². The number of benzene rings is 2. The van der Waals surface area contributed by atoms with Crippen molar-refractivity contribution in [1.29, 1.82) is 0 Å². The molecular weight excluding hydrogens is 476 g/mol. The summed E-state index contributed by atoms with van der Waals surface area (Å²) < 4.78 is 1.93. The lowest BCUT2D eigenvalue weighted by Gasteiger charge is -2.29. The number of nitro groups is 1. The Balaban J connectivity index is 1.62. The second kappa shape index (κ2) is 9.59. The topological polar surface area (TPSA) is 105 Å². The fourth-order valence-corrected chi connectivity index (χ4v) is 4.81. The third-order valence-corrected chi connectivity index (χ3v) is 6.28. The molecule has 1 aliphatic rings. The highest BCUT2D eigenvalue weighted by molar-refractivity contribution is 7.80. The first kappa shape index (κ1) is 23.2. The largest absolute Gasteiger partial charge is 0.351 e. The van der Waals surface area contributed by atoms with E-state index in [1.54, 1.807) is 18.3 Å². The maximum Gasteiger partial charge on any atom is 0.271 e. The van der Waals surface area contributed by atoms with Crippen LogP contribution >= 0.6 is 12.2 Å². The van der Waals surface area contributed by atoms with Gasteiger partial charge in [0.05, 0.1) is 22.3 Å². The predicted molar refractivity (Wildman–Crippen MR) is 141 cm³/mol. The Morgan fingerprint density at radius 1 is 1.06 bits per heavy atom. The maximum absolute atomic E-state index is 11.4. The highest BCUT2D eigenvalue weighted by atomic mass is 32.1. The average molecular weight is 499 g/mol. The van der Waals surface area contributed by atoms with Crippen LogP contribution in [0.3, 0.4) is 0 Å². The molecule has 3 heterocycles. The number of non-ortho nitro benzene ring substituents is 1. The number of hydrogen-bond acceptors (Lipinski definition) is 5. The van der Waals surface area contributed by atoms with Gasteiger partial charge in [-0.2, -0.15) is 0 Å². The van der Waals surface area contributed by atoms with Gasteiger partial charge in [0.2, 0.25) is 5.91 Å². The number of nitrogens with zero attached hydrogens (tertiary/aromatic N) is 4. The fourth-order valence-electron chi connectivity index (χ4n) is 4.47. The van der Waals surface area contributed by atoms with Crippen molar-refractivity contribution in [3.8, 4) is 5.69 Å². The molecule has 36 heavy (non-hydrogen) atoms. The number of aromatic nitrogens is 2. The molecule has 10 heteroatoms. The van der Waals surface area contributed by atoms with Crippen LogP contribution in [0.15, 0.2) is 91.3 Å². The highest BCUT2D eigenvalue weighted by Crippen LogP contribution is 2.42. The van der Waals surface area contributed by atoms with Gasteiger partial charge in [0, 0.05) is 48.5 Å². The van der Waals surface area contributed by atoms with Crippen LogP contribution in [0.5, 0.6) is 0 Å². The summed E-state index contributed by atoms with van der Waals surface area (Å²) in [4.78, 5) is 29.0. The molecule has 1 aliphatic heterocycles. The molecule has 2 atom stereocenters. The lowest BCUT2D eigenvalue weighted by molar-refractivity contribution is -0.384. The summed E-state index contributed by atoms with van der Waals surface area (Å²) in [5, 5.41) is 18.1. The van der Waals surface area contributed by atoms with Gasteiger partial charge in [-0.25, -0.2) is 0 Å². The van der Waals surface area contributed by atoms with Crippen LogP contribution in [0.4, 0.5) is 17.1 Å². The summed E-state index contributed by atoms with van der Waals surface area (Å²) in [6, 6.07) is 23.0. The Labute approximate surface area is 212 Å². The number of nitrogens with one attached hydrogen (secondary N) is 2. The van der Waals surface area contributed by atoms with E-state index in [-0.39, 0.29) is 23.7 Å². The Morgan fingerprint density at radius 3 is 2.56 bits per heavy atom. The molecule has 0 unspecified atom stereocenters. The number of carbonyl (C=O) groups excluding carboxylic acids is 1.